The average molecular weight is 465 g/mol. The maximum absolute atomic E-state index is 14.6. The molecule has 0 radical (unpaired) electrons. The third-order valence-electron chi connectivity index (χ3n) is 5.75. The Hall–Kier alpha value is -4.48. The summed E-state index contributed by atoms with van der Waals surface area (Å²) in [6.07, 6.45) is 2.26. The largest absolute Gasteiger partial charge is 0.493 e. The zero-order valence-corrected chi connectivity index (χ0v) is 19.0. The number of ether oxygens (including phenoxy) is 1. The van der Waals surface area contributed by atoms with E-state index in [-0.39, 0.29) is 11.6 Å². The van der Waals surface area contributed by atoms with Gasteiger partial charge in [0.25, 0.3) is 0 Å². The van der Waals surface area contributed by atoms with Crippen LogP contribution in [0.1, 0.15) is 29.5 Å². The minimum atomic E-state index is -0.384. The summed E-state index contributed by atoms with van der Waals surface area (Å²) in [5, 5.41) is 17.8. The van der Waals surface area contributed by atoms with E-state index in [1.54, 1.807) is 72.8 Å². The lowest BCUT2D eigenvalue weighted by Crippen LogP contribution is -1.99. The molecule has 3 nitrogen and oxygen atoms in total. The van der Waals surface area contributed by atoms with E-state index in [0.29, 0.717) is 46.6 Å². The quantitative estimate of drug-likeness (QED) is 0.255. The second-order valence-corrected chi connectivity index (χ2v) is 8.14. The van der Waals surface area contributed by atoms with Gasteiger partial charge in [0.15, 0.2) is 0 Å². The number of nitriles is 2. The summed E-state index contributed by atoms with van der Waals surface area (Å²) in [4.78, 5) is 0. The Balaban J connectivity index is 1.27. The van der Waals surface area contributed by atoms with Crippen LogP contribution in [-0.4, -0.2) is 6.61 Å². The number of aryl methyl sites for hydroxylation is 1. The number of rotatable bonds is 8. The van der Waals surface area contributed by atoms with Gasteiger partial charge in [0, 0.05) is 17.2 Å². The molecule has 4 aromatic carbocycles. The lowest BCUT2D eigenvalue weighted by Gasteiger charge is -2.10. The molecule has 0 amide bonds. The highest BCUT2D eigenvalue weighted by Crippen LogP contribution is 2.27. The van der Waals surface area contributed by atoms with Crippen molar-refractivity contribution in [2.24, 2.45) is 0 Å². The lowest BCUT2D eigenvalue weighted by molar-refractivity contribution is 0.305. The lowest BCUT2D eigenvalue weighted by atomic mass is 10.00. The maximum Gasteiger partial charge on any atom is 0.134 e. The normalized spacial score (nSPS) is 10.4. The first-order chi connectivity index (χ1) is 17.1. The maximum atomic E-state index is 14.6. The molecule has 4 rings (SSSR count). The van der Waals surface area contributed by atoms with Crippen molar-refractivity contribution >= 4 is 0 Å². The fourth-order valence-electron chi connectivity index (χ4n) is 3.84. The zero-order chi connectivity index (χ0) is 24.6. The predicted molar refractivity (Wildman–Crippen MR) is 132 cm³/mol. The molecule has 0 saturated carbocycles. The SMILES string of the molecule is N#Cc1ccc(-c2ccc(CCCCOc3ccc(-c4ccc(C#N)cc4)c(F)c3)cc2F)cc1. The zero-order valence-electron chi connectivity index (χ0n) is 19.0. The van der Waals surface area contributed by atoms with E-state index in [1.165, 1.54) is 6.07 Å². The van der Waals surface area contributed by atoms with Crippen LogP contribution >= 0.6 is 0 Å². The first-order valence-corrected chi connectivity index (χ1v) is 11.3. The van der Waals surface area contributed by atoms with Crippen LogP contribution < -0.4 is 4.74 Å². The molecule has 0 aliphatic rings. The fourth-order valence-corrected chi connectivity index (χ4v) is 3.84. The molecule has 35 heavy (non-hydrogen) atoms. The van der Waals surface area contributed by atoms with E-state index in [1.807, 2.05) is 12.1 Å². The van der Waals surface area contributed by atoms with Crippen LogP contribution in [0.3, 0.4) is 0 Å². The van der Waals surface area contributed by atoms with Gasteiger partial charge in [0.2, 0.25) is 0 Å². The van der Waals surface area contributed by atoms with Gasteiger partial charge >= 0.3 is 0 Å². The molecule has 0 heterocycles. The second-order valence-electron chi connectivity index (χ2n) is 8.14. The summed E-state index contributed by atoms with van der Waals surface area (Å²) >= 11 is 0. The van der Waals surface area contributed by atoms with Gasteiger partial charge in [0.05, 0.1) is 29.9 Å². The Morgan fingerprint density at radius 2 is 1.17 bits per heavy atom. The number of hydrogen-bond donors (Lipinski definition) is 0. The molecule has 0 saturated heterocycles. The number of nitrogens with zero attached hydrogens (tertiary/aromatic N) is 2. The summed E-state index contributed by atoms with van der Waals surface area (Å²) in [5.41, 5.74) is 4.36. The third-order valence-corrected chi connectivity index (χ3v) is 5.75. The highest BCUT2D eigenvalue weighted by atomic mass is 19.1. The van der Waals surface area contributed by atoms with Gasteiger partial charge in [-0.3, -0.25) is 0 Å². The Morgan fingerprint density at radius 3 is 1.69 bits per heavy atom. The number of halogens is 2. The first-order valence-electron chi connectivity index (χ1n) is 11.3. The molecular formula is C30H22F2N2O. The molecule has 172 valence electrons. The van der Waals surface area contributed by atoms with Crippen molar-refractivity contribution < 1.29 is 13.5 Å². The monoisotopic (exact) mass is 464 g/mol. The van der Waals surface area contributed by atoms with Gasteiger partial charge in [0.1, 0.15) is 17.4 Å². The summed E-state index contributed by atoms with van der Waals surface area (Å²) in [6, 6.07) is 27.7. The summed E-state index contributed by atoms with van der Waals surface area (Å²) < 4.78 is 34.8. The molecule has 0 fully saturated rings. The standard InChI is InChI=1S/C30H22F2N2O/c31-29-17-21(8-14-27(29)24-9-4-22(19-33)5-10-24)3-1-2-16-35-26-13-15-28(30(32)18-26)25-11-6-23(20-34)7-12-25/h4-15,17-18H,1-3,16H2. The van der Waals surface area contributed by atoms with Gasteiger partial charge < -0.3 is 4.74 Å². The first kappa shape index (κ1) is 23.7. The van der Waals surface area contributed by atoms with E-state index in [4.69, 9.17) is 15.3 Å². The molecule has 0 aliphatic heterocycles. The fraction of sp³-hybridized carbons (Fsp3) is 0.133. The molecular weight excluding hydrogens is 442 g/mol. The molecule has 0 bridgehead atoms. The van der Waals surface area contributed by atoms with E-state index in [9.17, 15) is 8.78 Å². The minimum absolute atomic E-state index is 0.290. The van der Waals surface area contributed by atoms with Crippen molar-refractivity contribution in [2.45, 2.75) is 19.3 Å². The van der Waals surface area contributed by atoms with Gasteiger partial charge in [-0.05, 0) is 78.4 Å². The number of hydrogen-bond acceptors (Lipinski definition) is 3. The molecule has 5 heteroatoms. The molecule has 0 aromatic heterocycles. The molecule has 0 aliphatic carbocycles. The average Bonchev–Trinajstić information content (AvgIpc) is 2.89. The Morgan fingerprint density at radius 1 is 0.629 bits per heavy atom. The van der Waals surface area contributed by atoms with Crippen molar-refractivity contribution in [3.63, 3.8) is 0 Å². The van der Waals surface area contributed by atoms with Gasteiger partial charge in [-0.2, -0.15) is 10.5 Å². The second kappa shape index (κ2) is 11.1. The van der Waals surface area contributed by atoms with Gasteiger partial charge in [-0.15, -0.1) is 0 Å². The third kappa shape index (κ3) is 5.91. The minimum Gasteiger partial charge on any atom is -0.493 e. The Bertz CT molecular complexity index is 1290. The van der Waals surface area contributed by atoms with Crippen molar-refractivity contribution in [1.82, 2.24) is 0 Å². The van der Waals surface area contributed by atoms with Crippen LogP contribution in [0.25, 0.3) is 22.3 Å². The Kier molecular flexibility index (Phi) is 7.50. The Labute approximate surface area is 203 Å². The van der Waals surface area contributed by atoms with Crippen molar-refractivity contribution in [3.8, 4) is 40.1 Å². The van der Waals surface area contributed by atoms with E-state index >= 15 is 0 Å². The smallest absolute Gasteiger partial charge is 0.134 e. The highest BCUT2D eigenvalue weighted by molar-refractivity contribution is 5.66. The summed E-state index contributed by atoms with van der Waals surface area (Å²) in [6.45, 7) is 0.432. The summed E-state index contributed by atoms with van der Waals surface area (Å²) in [7, 11) is 0. The molecule has 0 spiro atoms. The van der Waals surface area contributed by atoms with E-state index < -0.39 is 0 Å². The van der Waals surface area contributed by atoms with Gasteiger partial charge in [-0.25, -0.2) is 8.78 Å². The van der Waals surface area contributed by atoms with Crippen molar-refractivity contribution in [3.05, 3.63) is 113 Å². The van der Waals surface area contributed by atoms with Crippen LogP contribution in [0, 0.1) is 34.3 Å². The molecule has 0 N–H and O–H groups in total. The van der Waals surface area contributed by atoms with Crippen LogP contribution in [-0.2, 0) is 6.42 Å². The van der Waals surface area contributed by atoms with Crippen LogP contribution in [0.5, 0.6) is 5.75 Å². The van der Waals surface area contributed by atoms with Crippen LogP contribution in [0.4, 0.5) is 8.78 Å². The van der Waals surface area contributed by atoms with Crippen LogP contribution in [0.2, 0.25) is 0 Å². The van der Waals surface area contributed by atoms with Crippen molar-refractivity contribution in [2.75, 3.05) is 6.61 Å². The van der Waals surface area contributed by atoms with Crippen LogP contribution in [0.15, 0.2) is 84.9 Å². The van der Waals surface area contributed by atoms with Gasteiger partial charge in [-0.1, -0.05) is 36.4 Å². The highest BCUT2D eigenvalue weighted by Gasteiger charge is 2.09. The molecule has 4 aromatic rings. The molecule has 0 atom stereocenters. The van der Waals surface area contributed by atoms with Crippen molar-refractivity contribution in [1.29, 1.82) is 10.5 Å². The topological polar surface area (TPSA) is 56.8 Å². The van der Waals surface area contributed by atoms with E-state index in [2.05, 4.69) is 6.07 Å². The molecule has 0 unspecified atom stereocenters. The number of benzene rings is 4. The predicted octanol–water partition coefficient (Wildman–Crippen LogP) is 7.44. The number of unbranched alkanes of at least 4 members (excludes halogenated alkanes) is 1. The summed E-state index contributed by atoms with van der Waals surface area (Å²) in [5.74, 6) is -0.218. The van der Waals surface area contributed by atoms with E-state index in [0.717, 1.165) is 24.0 Å².